The van der Waals surface area contributed by atoms with Gasteiger partial charge >= 0.3 is 0 Å². The third kappa shape index (κ3) is 3.26. The number of anilines is 1. The first kappa shape index (κ1) is 14.5. The minimum atomic E-state index is -3.64. The Morgan fingerprint density at radius 2 is 2.29 bits per heavy atom. The van der Waals surface area contributed by atoms with Crippen LogP contribution in [0.3, 0.4) is 0 Å². The fraction of sp³-hybridized carbons (Fsp3) is 0.417. The lowest BCUT2D eigenvalue weighted by atomic mass is 10.1. The zero-order valence-electron chi connectivity index (χ0n) is 11.4. The summed E-state index contributed by atoms with van der Waals surface area (Å²) in [5.41, 5.74) is 0.918. The predicted molar refractivity (Wildman–Crippen MR) is 83.0 cm³/mol. The molecule has 1 aromatic heterocycles. The SMILES string of the molecule is CCOc1ccc2nc(N3CC(NS(N)(=O)=O)C3)sc2c1. The molecule has 1 aliphatic rings. The van der Waals surface area contributed by atoms with Crippen LogP contribution in [0.5, 0.6) is 5.75 Å². The topological polar surface area (TPSA) is 97.5 Å². The quantitative estimate of drug-likeness (QED) is 0.841. The summed E-state index contributed by atoms with van der Waals surface area (Å²) in [5, 5.41) is 5.83. The van der Waals surface area contributed by atoms with Crippen molar-refractivity contribution in [1.82, 2.24) is 9.71 Å². The van der Waals surface area contributed by atoms with E-state index in [2.05, 4.69) is 9.71 Å². The summed E-state index contributed by atoms with van der Waals surface area (Å²) in [6.07, 6.45) is 0. The van der Waals surface area contributed by atoms with Crippen molar-refractivity contribution >= 4 is 36.9 Å². The molecule has 114 valence electrons. The second-order valence-electron chi connectivity index (χ2n) is 4.82. The number of thiazole rings is 1. The van der Waals surface area contributed by atoms with Gasteiger partial charge in [0.25, 0.3) is 10.2 Å². The number of nitrogens with two attached hydrogens (primary N) is 1. The van der Waals surface area contributed by atoms with Gasteiger partial charge in [0.2, 0.25) is 0 Å². The highest BCUT2D eigenvalue weighted by atomic mass is 32.2. The van der Waals surface area contributed by atoms with Gasteiger partial charge in [-0.3, -0.25) is 0 Å². The summed E-state index contributed by atoms with van der Waals surface area (Å²) in [6, 6.07) is 5.66. The highest BCUT2D eigenvalue weighted by Gasteiger charge is 2.31. The third-order valence-electron chi connectivity index (χ3n) is 3.14. The van der Waals surface area contributed by atoms with E-state index < -0.39 is 10.2 Å². The second kappa shape index (κ2) is 5.41. The van der Waals surface area contributed by atoms with Crippen molar-refractivity contribution in [2.24, 2.45) is 5.14 Å². The van der Waals surface area contributed by atoms with Gasteiger partial charge in [0, 0.05) is 13.1 Å². The fourth-order valence-electron chi connectivity index (χ4n) is 2.23. The molecule has 0 spiro atoms. The fourth-order valence-corrected chi connectivity index (χ4v) is 3.85. The summed E-state index contributed by atoms with van der Waals surface area (Å²) in [6.45, 7) is 3.73. The van der Waals surface area contributed by atoms with Crippen LogP contribution in [-0.2, 0) is 10.2 Å². The number of aromatic nitrogens is 1. The lowest BCUT2D eigenvalue weighted by Crippen LogP contribution is -2.60. The molecular weight excluding hydrogens is 312 g/mol. The van der Waals surface area contributed by atoms with Crippen LogP contribution in [-0.4, -0.2) is 39.1 Å². The van der Waals surface area contributed by atoms with Gasteiger partial charge in [-0.05, 0) is 25.1 Å². The van der Waals surface area contributed by atoms with Crippen molar-refractivity contribution < 1.29 is 13.2 Å². The van der Waals surface area contributed by atoms with E-state index in [-0.39, 0.29) is 6.04 Å². The van der Waals surface area contributed by atoms with Crippen LogP contribution in [0.1, 0.15) is 6.92 Å². The summed E-state index contributed by atoms with van der Waals surface area (Å²) in [4.78, 5) is 6.57. The monoisotopic (exact) mass is 328 g/mol. The second-order valence-corrected chi connectivity index (χ2v) is 7.16. The summed E-state index contributed by atoms with van der Waals surface area (Å²) >= 11 is 1.57. The Hall–Kier alpha value is -1.42. The molecular formula is C12H16N4O3S2. The zero-order valence-corrected chi connectivity index (χ0v) is 13.1. The van der Waals surface area contributed by atoms with Crippen LogP contribution in [0.15, 0.2) is 18.2 Å². The lowest BCUT2D eigenvalue weighted by molar-refractivity contribution is 0.341. The zero-order chi connectivity index (χ0) is 15.0. The average molecular weight is 328 g/mol. The van der Waals surface area contributed by atoms with Crippen LogP contribution < -0.4 is 19.5 Å². The first-order chi connectivity index (χ1) is 9.94. The number of nitrogens with one attached hydrogen (secondary N) is 1. The van der Waals surface area contributed by atoms with Gasteiger partial charge in [-0.15, -0.1) is 0 Å². The van der Waals surface area contributed by atoms with Gasteiger partial charge in [-0.25, -0.2) is 10.1 Å². The molecule has 3 N–H and O–H groups in total. The van der Waals surface area contributed by atoms with Gasteiger partial charge in [0.05, 0.1) is 22.9 Å². The van der Waals surface area contributed by atoms with E-state index in [1.807, 2.05) is 30.0 Å². The molecule has 1 aliphatic heterocycles. The molecule has 2 aromatic rings. The summed E-state index contributed by atoms with van der Waals surface area (Å²) < 4.78 is 30.8. The van der Waals surface area contributed by atoms with Gasteiger partial charge in [-0.1, -0.05) is 11.3 Å². The molecule has 1 aromatic carbocycles. The molecule has 2 heterocycles. The minimum absolute atomic E-state index is 0.147. The van der Waals surface area contributed by atoms with Crippen molar-refractivity contribution in [3.8, 4) is 5.75 Å². The number of hydrogen-bond acceptors (Lipinski definition) is 6. The van der Waals surface area contributed by atoms with E-state index in [1.54, 1.807) is 11.3 Å². The molecule has 0 bridgehead atoms. The van der Waals surface area contributed by atoms with E-state index >= 15 is 0 Å². The highest BCUT2D eigenvalue weighted by molar-refractivity contribution is 7.87. The van der Waals surface area contributed by atoms with Crippen molar-refractivity contribution in [2.75, 3.05) is 24.6 Å². The van der Waals surface area contributed by atoms with E-state index in [9.17, 15) is 8.42 Å². The van der Waals surface area contributed by atoms with Crippen LogP contribution in [0.25, 0.3) is 10.2 Å². The number of ether oxygens (including phenoxy) is 1. The number of fused-ring (bicyclic) bond motifs is 1. The Kier molecular flexibility index (Phi) is 3.74. The maximum absolute atomic E-state index is 10.9. The maximum atomic E-state index is 10.9. The number of nitrogens with zero attached hydrogens (tertiary/aromatic N) is 2. The highest BCUT2D eigenvalue weighted by Crippen LogP contribution is 2.33. The maximum Gasteiger partial charge on any atom is 0.274 e. The first-order valence-corrected chi connectivity index (χ1v) is 8.89. The number of benzene rings is 1. The van der Waals surface area contributed by atoms with Crippen molar-refractivity contribution in [3.05, 3.63) is 18.2 Å². The molecule has 9 heteroatoms. The third-order valence-corrected chi connectivity index (χ3v) is 4.88. The Morgan fingerprint density at radius 1 is 1.52 bits per heavy atom. The Morgan fingerprint density at radius 3 is 2.95 bits per heavy atom. The van der Waals surface area contributed by atoms with Crippen LogP contribution in [0, 0.1) is 0 Å². The normalized spacial score (nSPS) is 16.2. The molecule has 0 radical (unpaired) electrons. The van der Waals surface area contributed by atoms with Crippen LogP contribution in [0.4, 0.5) is 5.13 Å². The molecule has 1 saturated heterocycles. The van der Waals surface area contributed by atoms with Crippen LogP contribution in [0.2, 0.25) is 0 Å². The molecule has 0 saturated carbocycles. The minimum Gasteiger partial charge on any atom is -0.494 e. The molecule has 0 aliphatic carbocycles. The van der Waals surface area contributed by atoms with Crippen molar-refractivity contribution in [2.45, 2.75) is 13.0 Å². The largest absolute Gasteiger partial charge is 0.494 e. The number of hydrogen-bond donors (Lipinski definition) is 2. The molecule has 0 amide bonds. The summed E-state index contributed by atoms with van der Waals surface area (Å²) in [5.74, 6) is 0.831. The molecule has 21 heavy (non-hydrogen) atoms. The Balaban J connectivity index is 1.71. The Bertz CT molecular complexity index is 753. The van der Waals surface area contributed by atoms with Gasteiger partial charge in [0.1, 0.15) is 5.75 Å². The smallest absolute Gasteiger partial charge is 0.274 e. The predicted octanol–water partition coefficient (Wildman–Crippen LogP) is 0.677. The molecule has 7 nitrogen and oxygen atoms in total. The number of rotatable bonds is 5. The van der Waals surface area contributed by atoms with Gasteiger partial charge in [-0.2, -0.15) is 13.1 Å². The van der Waals surface area contributed by atoms with Crippen molar-refractivity contribution in [1.29, 1.82) is 0 Å². The van der Waals surface area contributed by atoms with E-state index in [1.165, 1.54) is 0 Å². The molecule has 0 atom stereocenters. The molecule has 1 fully saturated rings. The first-order valence-electron chi connectivity index (χ1n) is 6.53. The Labute approximate surface area is 126 Å². The van der Waals surface area contributed by atoms with Gasteiger partial charge < -0.3 is 9.64 Å². The molecule has 3 rings (SSSR count). The van der Waals surface area contributed by atoms with E-state index in [0.717, 1.165) is 21.1 Å². The van der Waals surface area contributed by atoms with Crippen LogP contribution >= 0.6 is 11.3 Å². The van der Waals surface area contributed by atoms with E-state index in [4.69, 9.17) is 9.88 Å². The molecule has 0 unspecified atom stereocenters. The summed E-state index contributed by atoms with van der Waals surface area (Å²) in [7, 11) is -3.64. The van der Waals surface area contributed by atoms with Gasteiger partial charge in [0.15, 0.2) is 5.13 Å². The average Bonchev–Trinajstić information content (AvgIpc) is 2.75. The van der Waals surface area contributed by atoms with Crippen molar-refractivity contribution in [3.63, 3.8) is 0 Å². The standard InChI is InChI=1S/C12H16N4O3S2/c1-2-19-9-3-4-10-11(5-9)20-12(14-10)16-6-8(7-16)15-21(13,17)18/h3-5,8,15H,2,6-7H2,1H3,(H2,13,17,18). The lowest BCUT2D eigenvalue weighted by Gasteiger charge is -2.38. The van der Waals surface area contributed by atoms with E-state index in [0.29, 0.717) is 19.7 Å².